The van der Waals surface area contributed by atoms with E-state index < -0.39 is 0 Å². The molecule has 2 heterocycles. The standard InChI is InChI=1S/C21H27N5O/c1-4-12-26-16(2)19(15-23-26)21(27)24-20(18-8-6-5-7-9-18)10-13-25-14-11-22-17(25)3/h5-9,11,14-15,20H,4,10,12-13H2,1-3H3,(H,24,27)/t20-/m1/s1. The van der Waals surface area contributed by atoms with E-state index in [1.165, 1.54) is 0 Å². The fraction of sp³-hybridized carbons (Fsp3) is 0.381. The molecule has 3 rings (SSSR count). The smallest absolute Gasteiger partial charge is 0.255 e. The average Bonchev–Trinajstić information content (AvgIpc) is 3.25. The molecule has 0 radical (unpaired) electrons. The van der Waals surface area contributed by atoms with Crippen LogP contribution < -0.4 is 5.32 Å². The fourth-order valence-corrected chi connectivity index (χ4v) is 3.26. The Hall–Kier alpha value is -2.89. The van der Waals surface area contributed by atoms with Crippen LogP contribution >= 0.6 is 0 Å². The van der Waals surface area contributed by atoms with E-state index >= 15 is 0 Å². The lowest BCUT2D eigenvalue weighted by molar-refractivity contribution is 0.0933. The first-order valence-corrected chi connectivity index (χ1v) is 9.46. The zero-order valence-electron chi connectivity index (χ0n) is 16.2. The highest BCUT2D eigenvalue weighted by Gasteiger charge is 2.19. The third-order valence-corrected chi connectivity index (χ3v) is 4.87. The van der Waals surface area contributed by atoms with Gasteiger partial charge in [-0.3, -0.25) is 9.48 Å². The van der Waals surface area contributed by atoms with Gasteiger partial charge in [-0.05, 0) is 32.3 Å². The van der Waals surface area contributed by atoms with Crippen molar-refractivity contribution in [1.29, 1.82) is 0 Å². The van der Waals surface area contributed by atoms with Gasteiger partial charge in [0.05, 0.1) is 17.8 Å². The minimum atomic E-state index is -0.0777. The second kappa shape index (κ2) is 8.66. The molecule has 1 amide bonds. The summed E-state index contributed by atoms with van der Waals surface area (Å²) >= 11 is 0. The van der Waals surface area contributed by atoms with Crippen molar-refractivity contribution in [2.45, 2.75) is 52.7 Å². The molecule has 0 aliphatic rings. The van der Waals surface area contributed by atoms with E-state index in [0.717, 1.165) is 43.0 Å². The van der Waals surface area contributed by atoms with Crippen LogP contribution in [0.3, 0.4) is 0 Å². The summed E-state index contributed by atoms with van der Waals surface area (Å²) < 4.78 is 3.99. The molecule has 0 aliphatic carbocycles. The lowest BCUT2D eigenvalue weighted by Gasteiger charge is -2.20. The van der Waals surface area contributed by atoms with Gasteiger partial charge < -0.3 is 9.88 Å². The van der Waals surface area contributed by atoms with Gasteiger partial charge in [0.25, 0.3) is 5.91 Å². The summed E-state index contributed by atoms with van der Waals surface area (Å²) in [4.78, 5) is 17.2. The van der Waals surface area contributed by atoms with E-state index in [1.54, 1.807) is 12.4 Å². The van der Waals surface area contributed by atoms with E-state index in [1.807, 2.05) is 42.9 Å². The quantitative estimate of drug-likeness (QED) is 0.662. The van der Waals surface area contributed by atoms with E-state index in [2.05, 4.69) is 39.0 Å². The van der Waals surface area contributed by atoms with Gasteiger partial charge in [0, 0.05) is 31.2 Å². The molecule has 0 bridgehead atoms. The fourth-order valence-electron chi connectivity index (χ4n) is 3.26. The van der Waals surface area contributed by atoms with E-state index in [9.17, 15) is 4.79 Å². The lowest BCUT2D eigenvalue weighted by atomic mass is 10.0. The molecule has 6 nitrogen and oxygen atoms in total. The minimum Gasteiger partial charge on any atom is -0.345 e. The third kappa shape index (κ3) is 4.45. The maximum Gasteiger partial charge on any atom is 0.255 e. The third-order valence-electron chi connectivity index (χ3n) is 4.87. The summed E-state index contributed by atoms with van der Waals surface area (Å²) in [6.07, 6.45) is 7.22. The first-order valence-electron chi connectivity index (χ1n) is 9.46. The number of aromatic nitrogens is 4. The minimum absolute atomic E-state index is 0.0746. The number of benzene rings is 1. The van der Waals surface area contributed by atoms with Crippen molar-refractivity contribution in [3.63, 3.8) is 0 Å². The molecular weight excluding hydrogens is 338 g/mol. The summed E-state index contributed by atoms with van der Waals surface area (Å²) in [5.41, 5.74) is 2.65. The van der Waals surface area contributed by atoms with Crippen LogP contribution in [0.2, 0.25) is 0 Å². The largest absolute Gasteiger partial charge is 0.345 e. The molecule has 2 aromatic heterocycles. The van der Waals surface area contributed by atoms with Gasteiger partial charge in [-0.15, -0.1) is 0 Å². The highest BCUT2D eigenvalue weighted by Crippen LogP contribution is 2.19. The summed E-state index contributed by atoms with van der Waals surface area (Å²) in [6, 6.07) is 10.0. The topological polar surface area (TPSA) is 64.7 Å². The average molecular weight is 365 g/mol. The monoisotopic (exact) mass is 365 g/mol. The second-order valence-electron chi connectivity index (χ2n) is 6.76. The van der Waals surface area contributed by atoms with Crippen molar-refractivity contribution in [3.05, 3.63) is 71.6 Å². The van der Waals surface area contributed by atoms with Crippen molar-refractivity contribution >= 4 is 5.91 Å². The van der Waals surface area contributed by atoms with Crippen molar-refractivity contribution in [3.8, 4) is 0 Å². The molecule has 0 saturated heterocycles. The number of aryl methyl sites for hydroxylation is 3. The Balaban J connectivity index is 1.76. The van der Waals surface area contributed by atoms with Gasteiger partial charge in [-0.25, -0.2) is 4.98 Å². The zero-order valence-corrected chi connectivity index (χ0v) is 16.2. The Morgan fingerprint density at radius 1 is 1.19 bits per heavy atom. The van der Waals surface area contributed by atoms with Crippen LogP contribution in [0.5, 0.6) is 0 Å². The summed E-state index contributed by atoms with van der Waals surface area (Å²) in [7, 11) is 0. The van der Waals surface area contributed by atoms with Gasteiger partial charge in [0.1, 0.15) is 5.82 Å². The summed E-state index contributed by atoms with van der Waals surface area (Å²) in [5.74, 6) is 0.899. The number of carbonyl (C=O) groups is 1. The van der Waals surface area contributed by atoms with Crippen LogP contribution in [-0.4, -0.2) is 25.2 Å². The number of nitrogens with one attached hydrogen (secondary N) is 1. The van der Waals surface area contributed by atoms with Crippen molar-refractivity contribution in [2.24, 2.45) is 0 Å². The second-order valence-corrected chi connectivity index (χ2v) is 6.76. The molecular formula is C21H27N5O. The Morgan fingerprint density at radius 2 is 1.96 bits per heavy atom. The molecule has 1 aromatic carbocycles. The number of carbonyl (C=O) groups excluding carboxylic acids is 1. The highest BCUT2D eigenvalue weighted by atomic mass is 16.1. The molecule has 6 heteroatoms. The van der Waals surface area contributed by atoms with Gasteiger partial charge >= 0.3 is 0 Å². The van der Waals surface area contributed by atoms with E-state index in [0.29, 0.717) is 5.56 Å². The van der Waals surface area contributed by atoms with Crippen LogP contribution in [-0.2, 0) is 13.1 Å². The first-order chi connectivity index (χ1) is 13.1. The maximum absolute atomic E-state index is 12.9. The zero-order chi connectivity index (χ0) is 19.2. The first kappa shape index (κ1) is 18.9. The van der Waals surface area contributed by atoms with Crippen molar-refractivity contribution in [1.82, 2.24) is 24.6 Å². The summed E-state index contributed by atoms with van der Waals surface area (Å²) in [5, 5.41) is 7.55. The van der Waals surface area contributed by atoms with Gasteiger partial charge in [0.2, 0.25) is 0 Å². The van der Waals surface area contributed by atoms with Crippen LogP contribution in [0.25, 0.3) is 0 Å². The normalized spacial score (nSPS) is 12.1. The van der Waals surface area contributed by atoms with Crippen LogP contribution in [0.1, 0.15) is 53.2 Å². The van der Waals surface area contributed by atoms with Crippen LogP contribution in [0.15, 0.2) is 48.9 Å². The SMILES string of the molecule is CCCn1ncc(C(=O)N[C@H](CCn2ccnc2C)c2ccccc2)c1C. The Labute approximate surface area is 160 Å². The molecule has 0 spiro atoms. The van der Waals surface area contributed by atoms with Gasteiger partial charge in [0.15, 0.2) is 0 Å². The highest BCUT2D eigenvalue weighted by molar-refractivity contribution is 5.95. The predicted octanol–water partition coefficient (Wildman–Crippen LogP) is 3.67. The molecule has 0 saturated carbocycles. The molecule has 3 aromatic rings. The molecule has 0 aliphatic heterocycles. The summed E-state index contributed by atoms with van der Waals surface area (Å²) in [6.45, 7) is 7.65. The van der Waals surface area contributed by atoms with Crippen LogP contribution in [0.4, 0.5) is 0 Å². The molecule has 1 atom stereocenters. The maximum atomic E-state index is 12.9. The Kier molecular flexibility index (Phi) is 6.06. The van der Waals surface area contributed by atoms with E-state index in [-0.39, 0.29) is 11.9 Å². The molecule has 1 N–H and O–H groups in total. The van der Waals surface area contributed by atoms with Gasteiger partial charge in [-0.2, -0.15) is 5.10 Å². The van der Waals surface area contributed by atoms with Gasteiger partial charge in [-0.1, -0.05) is 37.3 Å². The Morgan fingerprint density at radius 3 is 2.63 bits per heavy atom. The predicted molar refractivity (Wildman–Crippen MR) is 105 cm³/mol. The molecule has 27 heavy (non-hydrogen) atoms. The number of imidazole rings is 1. The number of nitrogens with zero attached hydrogens (tertiary/aromatic N) is 4. The number of hydrogen-bond acceptors (Lipinski definition) is 3. The molecule has 142 valence electrons. The molecule has 0 unspecified atom stereocenters. The lowest BCUT2D eigenvalue weighted by Crippen LogP contribution is -2.29. The van der Waals surface area contributed by atoms with Crippen LogP contribution in [0, 0.1) is 13.8 Å². The van der Waals surface area contributed by atoms with Crippen molar-refractivity contribution in [2.75, 3.05) is 0 Å². The number of hydrogen-bond donors (Lipinski definition) is 1. The van der Waals surface area contributed by atoms with E-state index in [4.69, 9.17) is 0 Å². The number of rotatable bonds is 8. The molecule has 0 fully saturated rings. The number of amides is 1. The Bertz CT molecular complexity index is 881. The van der Waals surface area contributed by atoms with Crippen molar-refractivity contribution < 1.29 is 4.79 Å².